The highest BCUT2D eigenvalue weighted by Crippen LogP contribution is 2.28. The first-order valence-electron chi connectivity index (χ1n) is 7.33. The number of methoxy groups -OCH3 is 1. The molecule has 0 spiro atoms. The van der Waals surface area contributed by atoms with Gasteiger partial charge in [-0.1, -0.05) is 24.3 Å². The van der Waals surface area contributed by atoms with E-state index in [0.717, 1.165) is 16.6 Å². The van der Waals surface area contributed by atoms with Crippen molar-refractivity contribution in [2.75, 3.05) is 30.9 Å². The number of rotatable bonds is 6. The third kappa shape index (κ3) is 3.84. The second-order valence-corrected chi connectivity index (χ2v) is 4.89. The van der Waals surface area contributed by atoms with Crippen LogP contribution in [0.2, 0.25) is 0 Å². The van der Waals surface area contributed by atoms with E-state index in [4.69, 9.17) is 9.84 Å². The number of nitrogens with zero attached hydrogens (tertiary/aromatic N) is 2. The Morgan fingerprint density at radius 2 is 1.79 bits per heavy atom. The number of aromatic nitrogens is 2. The topological polar surface area (TPSA) is 79.3 Å². The van der Waals surface area contributed by atoms with E-state index >= 15 is 0 Å². The Hall–Kier alpha value is -2.57. The minimum atomic E-state index is 0. The molecule has 1 heterocycles. The van der Waals surface area contributed by atoms with Crippen LogP contribution >= 0.6 is 12.4 Å². The number of aliphatic hydroxyl groups excluding tert-OH is 1. The van der Waals surface area contributed by atoms with Crippen molar-refractivity contribution in [1.82, 2.24) is 9.97 Å². The van der Waals surface area contributed by atoms with Crippen LogP contribution in [-0.2, 0) is 0 Å². The first-order chi connectivity index (χ1) is 11.3. The standard InChI is InChI=1S/C17H18N4O2.ClH/c1-23-15-9-5-4-8-14(15)20-17-19-13-7-3-2-6-12(13)16(21-17)18-10-11-22;/h2-9,22H,10-11H2,1H3,(H2,18,19,20,21);1H. The highest BCUT2D eigenvalue weighted by Gasteiger charge is 2.09. The van der Waals surface area contributed by atoms with Crippen molar-refractivity contribution in [2.45, 2.75) is 0 Å². The average Bonchev–Trinajstić information content (AvgIpc) is 2.60. The zero-order valence-corrected chi connectivity index (χ0v) is 14.0. The number of hydrogen-bond donors (Lipinski definition) is 3. The molecule has 1 aromatic heterocycles. The Bertz CT molecular complexity index is 813. The number of benzene rings is 2. The van der Waals surface area contributed by atoms with Gasteiger partial charge in [-0.15, -0.1) is 12.4 Å². The molecule has 0 atom stereocenters. The predicted octanol–water partition coefficient (Wildman–Crippen LogP) is 3.21. The normalized spacial score (nSPS) is 10.1. The second-order valence-electron chi connectivity index (χ2n) is 4.89. The van der Waals surface area contributed by atoms with Crippen molar-refractivity contribution in [3.63, 3.8) is 0 Å². The van der Waals surface area contributed by atoms with Crippen LogP contribution in [0.5, 0.6) is 5.75 Å². The van der Waals surface area contributed by atoms with Gasteiger partial charge in [-0.05, 0) is 24.3 Å². The van der Waals surface area contributed by atoms with E-state index in [2.05, 4.69) is 20.6 Å². The molecule has 0 radical (unpaired) electrons. The van der Waals surface area contributed by atoms with E-state index in [9.17, 15) is 0 Å². The van der Waals surface area contributed by atoms with E-state index < -0.39 is 0 Å². The second kappa shape index (κ2) is 8.33. The third-order valence-electron chi connectivity index (χ3n) is 3.36. The van der Waals surface area contributed by atoms with Gasteiger partial charge >= 0.3 is 0 Å². The Kier molecular flexibility index (Phi) is 6.17. The van der Waals surface area contributed by atoms with Crippen molar-refractivity contribution in [1.29, 1.82) is 0 Å². The molecule has 2 aromatic carbocycles. The van der Waals surface area contributed by atoms with Crippen LogP contribution in [0.25, 0.3) is 10.9 Å². The fraction of sp³-hybridized carbons (Fsp3) is 0.176. The molecule has 24 heavy (non-hydrogen) atoms. The first-order valence-corrected chi connectivity index (χ1v) is 7.33. The summed E-state index contributed by atoms with van der Waals surface area (Å²) in [6, 6.07) is 15.3. The number of halogens is 1. The summed E-state index contributed by atoms with van der Waals surface area (Å²) in [6.07, 6.45) is 0. The van der Waals surface area contributed by atoms with E-state index in [1.807, 2.05) is 48.5 Å². The minimum Gasteiger partial charge on any atom is -0.495 e. The maximum absolute atomic E-state index is 9.03. The number of nitrogens with one attached hydrogen (secondary N) is 2. The fourth-order valence-corrected chi connectivity index (χ4v) is 2.31. The summed E-state index contributed by atoms with van der Waals surface area (Å²) in [7, 11) is 1.62. The molecule has 0 fully saturated rings. The van der Waals surface area contributed by atoms with E-state index in [-0.39, 0.29) is 19.0 Å². The minimum absolute atomic E-state index is 0. The molecule has 0 unspecified atom stereocenters. The van der Waals surface area contributed by atoms with Crippen LogP contribution in [-0.4, -0.2) is 35.3 Å². The summed E-state index contributed by atoms with van der Waals surface area (Å²) in [5, 5.41) is 16.2. The van der Waals surface area contributed by atoms with Crippen LogP contribution in [0, 0.1) is 0 Å². The lowest BCUT2D eigenvalue weighted by molar-refractivity contribution is 0.311. The van der Waals surface area contributed by atoms with Crippen LogP contribution in [0.4, 0.5) is 17.5 Å². The molecule has 7 heteroatoms. The number of hydrogen-bond acceptors (Lipinski definition) is 6. The molecule has 0 aliphatic carbocycles. The monoisotopic (exact) mass is 346 g/mol. The summed E-state index contributed by atoms with van der Waals surface area (Å²) in [5.74, 6) is 1.87. The molecule has 3 aromatic rings. The summed E-state index contributed by atoms with van der Waals surface area (Å²) >= 11 is 0. The Morgan fingerprint density at radius 1 is 1.04 bits per heavy atom. The van der Waals surface area contributed by atoms with Crippen LogP contribution in [0.3, 0.4) is 0 Å². The van der Waals surface area contributed by atoms with Gasteiger partial charge in [0.05, 0.1) is 24.9 Å². The highest BCUT2D eigenvalue weighted by molar-refractivity contribution is 5.90. The van der Waals surface area contributed by atoms with Crippen molar-refractivity contribution < 1.29 is 9.84 Å². The van der Waals surface area contributed by atoms with Gasteiger partial charge in [-0.2, -0.15) is 4.98 Å². The van der Waals surface area contributed by atoms with Gasteiger partial charge in [0, 0.05) is 11.9 Å². The molecular weight excluding hydrogens is 328 g/mol. The van der Waals surface area contributed by atoms with Gasteiger partial charge in [0.15, 0.2) is 0 Å². The quantitative estimate of drug-likeness (QED) is 0.636. The van der Waals surface area contributed by atoms with Crippen molar-refractivity contribution >= 4 is 40.8 Å². The number of fused-ring (bicyclic) bond motifs is 1. The first kappa shape index (κ1) is 17.8. The number of ether oxygens (including phenoxy) is 1. The van der Waals surface area contributed by atoms with Crippen LogP contribution < -0.4 is 15.4 Å². The summed E-state index contributed by atoms with van der Waals surface area (Å²) in [5.41, 5.74) is 1.61. The highest BCUT2D eigenvalue weighted by atomic mass is 35.5. The van der Waals surface area contributed by atoms with Gasteiger partial charge < -0.3 is 20.5 Å². The largest absolute Gasteiger partial charge is 0.495 e. The maximum Gasteiger partial charge on any atom is 0.229 e. The van der Waals surface area contributed by atoms with Gasteiger partial charge in [0.2, 0.25) is 5.95 Å². The molecule has 0 bridgehead atoms. The number of para-hydroxylation sites is 3. The summed E-state index contributed by atoms with van der Waals surface area (Å²) < 4.78 is 5.33. The van der Waals surface area contributed by atoms with Gasteiger partial charge in [-0.25, -0.2) is 4.98 Å². The molecule has 6 nitrogen and oxygen atoms in total. The van der Waals surface area contributed by atoms with Crippen molar-refractivity contribution in [3.05, 3.63) is 48.5 Å². The fourth-order valence-electron chi connectivity index (χ4n) is 2.31. The average molecular weight is 347 g/mol. The Balaban J connectivity index is 0.00000208. The van der Waals surface area contributed by atoms with E-state index in [1.54, 1.807) is 7.11 Å². The predicted molar refractivity (Wildman–Crippen MR) is 98.6 cm³/mol. The summed E-state index contributed by atoms with van der Waals surface area (Å²) in [4.78, 5) is 9.04. The maximum atomic E-state index is 9.03. The van der Waals surface area contributed by atoms with Gasteiger partial charge in [-0.3, -0.25) is 0 Å². The van der Waals surface area contributed by atoms with Crippen LogP contribution in [0.1, 0.15) is 0 Å². The molecule has 3 rings (SSSR count). The Morgan fingerprint density at radius 3 is 2.58 bits per heavy atom. The lowest BCUT2D eigenvalue weighted by atomic mass is 10.2. The molecule has 0 aliphatic rings. The third-order valence-corrected chi connectivity index (χ3v) is 3.36. The van der Waals surface area contributed by atoms with Gasteiger partial charge in [0.1, 0.15) is 11.6 Å². The van der Waals surface area contributed by atoms with Crippen molar-refractivity contribution in [3.8, 4) is 5.75 Å². The molecule has 0 saturated heterocycles. The lowest BCUT2D eigenvalue weighted by Crippen LogP contribution is -2.09. The zero-order valence-electron chi connectivity index (χ0n) is 13.2. The number of aliphatic hydroxyl groups is 1. The SMILES string of the molecule is COc1ccccc1Nc1nc(NCCO)c2ccccc2n1.Cl. The van der Waals surface area contributed by atoms with Crippen molar-refractivity contribution in [2.24, 2.45) is 0 Å². The Labute approximate surface area is 146 Å². The van der Waals surface area contributed by atoms with E-state index in [0.29, 0.717) is 24.1 Å². The summed E-state index contributed by atoms with van der Waals surface area (Å²) in [6.45, 7) is 0.461. The smallest absolute Gasteiger partial charge is 0.229 e. The van der Waals surface area contributed by atoms with Crippen LogP contribution in [0.15, 0.2) is 48.5 Å². The van der Waals surface area contributed by atoms with Gasteiger partial charge in [0.25, 0.3) is 0 Å². The molecular formula is C17H19ClN4O2. The van der Waals surface area contributed by atoms with E-state index in [1.165, 1.54) is 0 Å². The molecule has 126 valence electrons. The molecule has 0 saturated carbocycles. The lowest BCUT2D eigenvalue weighted by Gasteiger charge is -2.13. The molecule has 0 aliphatic heterocycles. The molecule has 0 amide bonds. The zero-order chi connectivity index (χ0) is 16.1. The number of anilines is 3. The molecule has 3 N–H and O–H groups in total.